The van der Waals surface area contributed by atoms with Gasteiger partial charge in [-0.3, -0.25) is 14.3 Å². The van der Waals surface area contributed by atoms with E-state index >= 15 is 0 Å². The van der Waals surface area contributed by atoms with Crippen molar-refractivity contribution in [1.82, 2.24) is 20.0 Å². The van der Waals surface area contributed by atoms with E-state index in [9.17, 15) is 9.59 Å². The Morgan fingerprint density at radius 3 is 2.74 bits per heavy atom. The number of nitrogens with zero attached hydrogens (tertiary/aromatic N) is 3. The summed E-state index contributed by atoms with van der Waals surface area (Å²) in [6.45, 7) is 3.08. The number of carbonyl (C=O) groups is 2. The van der Waals surface area contributed by atoms with E-state index in [0.717, 1.165) is 12.1 Å². The number of aromatic nitrogens is 2. The van der Waals surface area contributed by atoms with Crippen molar-refractivity contribution in [3.63, 3.8) is 0 Å². The number of rotatable bonds is 6. The van der Waals surface area contributed by atoms with Crippen LogP contribution in [0.2, 0.25) is 0 Å². The van der Waals surface area contributed by atoms with E-state index in [4.69, 9.17) is 5.73 Å². The monoisotopic (exact) mass is 267 g/mol. The number of likely N-dealkylation sites (N-methyl/N-ethyl adjacent to an activating group) is 1. The molecule has 0 radical (unpaired) electrons. The third kappa shape index (κ3) is 4.06. The molecule has 19 heavy (non-hydrogen) atoms. The second kappa shape index (κ2) is 6.89. The van der Waals surface area contributed by atoms with Gasteiger partial charge in [0.05, 0.1) is 18.3 Å². The third-order valence-electron chi connectivity index (χ3n) is 2.82. The fraction of sp³-hybridized carbons (Fsp3) is 0.583. The zero-order valence-corrected chi connectivity index (χ0v) is 11.6. The Hall–Kier alpha value is -1.89. The molecule has 7 heteroatoms. The van der Waals surface area contributed by atoms with Crippen molar-refractivity contribution in [3.05, 3.63) is 17.5 Å². The van der Waals surface area contributed by atoms with Crippen molar-refractivity contribution in [1.29, 1.82) is 0 Å². The number of hydrogen-bond donors (Lipinski definition) is 2. The van der Waals surface area contributed by atoms with Gasteiger partial charge in [0.25, 0.3) is 5.91 Å². The molecule has 0 atom stereocenters. The van der Waals surface area contributed by atoms with Crippen LogP contribution in [0.5, 0.6) is 0 Å². The highest BCUT2D eigenvalue weighted by Crippen LogP contribution is 2.07. The summed E-state index contributed by atoms with van der Waals surface area (Å²) >= 11 is 0. The van der Waals surface area contributed by atoms with Crippen molar-refractivity contribution >= 4 is 11.8 Å². The van der Waals surface area contributed by atoms with Crippen LogP contribution in [0, 0.1) is 6.92 Å². The van der Waals surface area contributed by atoms with Crippen LogP contribution in [0.25, 0.3) is 0 Å². The number of carbonyl (C=O) groups excluding carboxylic acids is 2. The summed E-state index contributed by atoms with van der Waals surface area (Å²) in [6.07, 6.45) is 2.32. The molecule has 106 valence electrons. The SMILES string of the molecule is Cc1c(C(=O)NCC(=O)N(C)C)cnn1CCCN. The quantitative estimate of drug-likeness (QED) is 0.717. The second-order valence-electron chi connectivity index (χ2n) is 4.48. The second-order valence-corrected chi connectivity index (χ2v) is 4.48. The van der Waals surface area contributed by atoms with Crippen LogP contribution < -0.4 is 11.1 Å². The van der Waals surface area contributed by atoms with Gasteiger partial charge < -0.3 is 16.0 Å². The van der Waals surface area contributed by atoms with E-state index < -0.39 is 0 Å². The minimum absolute atomic E-state index is 0.0146. The first-order valence-electron chi connectivity index (χ1n) is 6.18. The highest BCUT2D eigenvalue weighted by Gasteiger charge is 2.15. The molecule has 0 bridgehead atoms. The average Bonchev–Trinajstić information content (AvgIpc) is 2.74. The van der Waals surface area contributed by atoms with E-state index in [0.29, 0.717) is 18.7 Å². The smallest absolute Gasteiger partial charge is 0.255 e. The predicted octanol–water partition coefficient (Wildman–Crippen LogP) is -0.642. The van der Waals surface area contributed by atoms with Crippen LogP contribution >= 0.6 is 0 Å². The van der Waals surface area contributed by atoms with Crippen molar-refractivity contribution in [2.75, 3.05) is 27.2 Å². The molecule has 1 aromatic heterocycles. The molecule has 2 amide bonds. The normalized spacial score (nSPS) is 10.3. The van der Waals surface area contributed by atoms with Gasteiger partial charge in [0.15, 0.2) is 0 Å². The van der Waals surface area contributed by atoms with Crippen LogP contribution in [0.4, 0.5) is 0 Å². The molecule has 0 spiro atoms. The Morgan fingerprint density at radius 2 is 2.16 bits per heavy atom. The third-order valence-corrected chi connectivity index (χ3v) is 2.82. The van der Waals surface area contributed by atoms with Crippen LogP contribution in [0.15, 0.2) is 6.20 Å². The molecule has 0 aliphatic rings. The van der Waals surface area contributed by atoms with E-state index in [1.807, 2.05) is 6.92 Å². The molecule has 7 nitrogen and oxygen atoms in total. The first kappa shape index (κ1) is 15.2. The van der Waals surface area contributed by atoms with E-state index in [1.54, 1.807) is 18.8 Å². The number of hydrogen-bond acceptors (Lipinski definition) is 4. The lowest BCUT2D eigenvalue weighted by molar-refractivity contribution is -0.127. The topological polar surface area (TPSA) is 93.2 Å². The molecule has 0 aliphatic heterocycles. The summed E-state index contributed by atoms with van der Waals surface area (Å²) in [5.41, 5.74) is 6.71. The molecule has 0 saturated carbocycles. The summed E-state index contributed by atoms with van der Waals surface area (Å²) < 4.78 is 1.75. The Morgan fingerprint density at radius 1 is 1.47 bits per heavy atom. The van der Waals surface area contributed by atoms with Gasteiger partial charge in [-0.1, -0.05) is 0 Å². The summed E-state index contributed by atoms with van der Waals surface area (Å²) in [4.78, 5) is 24.7. The van der Waals surface area contributed by atoms with Crippen molar-refractivity contribution in [2.24, 2.45) is 5.73 Å². The Balaban J connectivity index is 2.62. The summed E-state index contributed by atoms with van der Waals surface area (Å²) in [6, 6.07) is 0. The zero-order valence-electron chi connectivity index (χ0n) is 11.6. The summed E-state index contributed by atoms with van der Waals surface area (Å²) in [5, 5.41) is 6.72. The molecular formula is C12H21N5O2. The van der Waals surface area contributed by atoms with Crippen LogP contribution in [0.1, 0.15) is 22.5 Å². The Bertz CT molecular complexity index is 453. The van der Waals surface area contributed by atoms with E-state index in [-0.39, 0.29) is 18.4 Å². The van der Waals surface area contributed by atoms with Crippen LogP contribution in [-0.2, 0) is 11.3 Å². The van der Waals surface area contributed by atoms with Gasteiger partial charge >= 0.3 is 0 Å². The number of aryl methyl sites for hydroxylation is 1. The molecule has 0 fully saturated rings. The first-order chi connectivity index (χ1) is 8.97. The number of nitrogens with two attached hydrogens (primary N) is 1. The fourth-order valence-electron chi connectivity index (χ4n) is 1.55. The van der Waals surface area contributed by atoms with Crippen LogP contribution in [0.3, 0.4) is 0 Å². The maximum Gasteiger partial charge on any atom is 0.255 e. The van der Waals surface area contributed by atoms with Crippen molar-refractivity contribution in [2.45, 2.75) is 19.9 Å². The number of nitrogens with one attached hydrogen (secondary N) is 1. The molecular weight excluding hydrogens is 246 g/mol. The Labute approximate surface area is 112 Å². The van der Waals surface area contributed by atoms with Gasteiger partial charge in [0.1, 0.15) is 0 Å². The molecule has 0 unspecified atom stereocenters. The molecule has 1 rings (SSSR count). The molecule has 3 N–H and O–H groups in total. The lowest BCUT2D eigenvalue weighted by atomic mass is 10.2. The predicted molar refractivity (Wildman–Crippen MR) is 71.7 cm³/mol. The van der Waals surface area contributed by atoms with Crippen molar-refractivity contribution < 1.29 is 9.59 Å². The molecule has 0 saturated heterocycles. The lowest BCUT2D eigenvalue weighted by Gasteiger charge is -2.10. The largest absolute Gasteiger partial charge is 0.347 e. The molecule has 0 aromatic carbocycles. The standard InChI is InChI=1S/C12H21N5O2/c1-9-10(7-15-17(9)6-4-5-13)12(19)14-8-11(18)16(2)3/h7H,4-6,8,13H2,1-3H3,(H,14,19). The van der Waals surface area contributed by atoms with Gasteiger partial charge in [-0.25, -0.2) is 0 Å². The van der Waals surface area contributed by atoms with Crippen LogP contribution in [-0.4, -0.2) is 53.7 Å². The average molecular weight is 267 g/mol. The first-order valence-corrected chi connectivity index (χ1v) is 6.18. The fourth-order valence-corrected chi connectivity index (χ4v) is 1.55. The van der Waals surface area contributed by atoms with Crippen molar-refractivity contribution in [3.8, 4) is 0 Å². The zero-order chi connectivity index (χ0) is 14.4. The van der Waals surface area contributed by atoms with E-state index in [1.165, 1.54) is 11.1 Å². The maximum atomic E-state index is 11.9. The van der Waals surface area contributed by atoms with Gasteiger partial charge in [-0.05, 0) is 19.9 Å². The highest BCUT2D eigenvalue weighted by molar-refractivity contribution is 5.97. The van der Waals surface area contributed by atoms with Gasteiger partial charge in [-0.15, -0.1) is 0 Å². The molecule has 1 aromatic rings. The highest BCUT2D eigenvalue weighted by atomic mass is 16.2. The maximum absolute atomic E-state index is 11.9. The lowest BCUT2D eigenvalue weighted by Crippen LogP contribution is -2.36. The summed E-state index contributed by atoms with van der Waals surface area (Å²) in [5.74, 6) is -0.437. The summed E-state index contributed by atoms with van der Waals surface area (Å²) in [7, 11) is 3.29. The molecule has 0 aliphatic carbocycles. The van der Waals surface area contributed by atoms with Gasteiger partial charge in [-0.2, -0.15) is 5.10 Å². The van der Waals surface area contributed by atoms with Gasteiger partial charge in [0.2, 0.25) is 5.91 Å². The van der Waals surface area contributed by atoms with Gasteiger partial charge in [0, 0.05) is 26.3 Å². The van der Waals surface area contributed by atoms with E-state index in [2.05, 4.69) is 10.4 Å². The molecule has 1 heterocycles. The minimum atomic E-state index is -0.285. The minimum Gasteiger partial charge on any atom is -0.347 e. The Kier molecular flexibility index (Phi) is 5.50. The number of amides is 2.